The van der Waals surface area contributed by atoms with E-state index in [1.54, 1.807) is 6.07 Å². The van der Waals surface area contributed by atoms with Crippen molar-refractivity contribution in [3.8, 4) is 5.75 Å². The lowest BCUT2D eigenvalue weighted by molar-refractivity contribution is 0.416. The minimum Gasteiger partial charge on any atom is -0.494 e. The molecule has 74 valence electrons. The number of aromatic nitrogens is 1. The van der Waals surface area contributed by atoms with E-state index in [1.807, 2.05) is 0 Å². The zero-order valence-electron chi connectivity index (χ0n) is 7.17. The standard InChI is InChI=1S/C8H6Cl2N2OS/c1-13-7-3(9)2-4-6(5(7)10)12-8(11)14-4/h2H,1H3,(H2,11,12). The summed E-state index contributed by atoms with van der Waals surface area (Å²) in [5.41, 5.74) is 6.20. The summed E-state index contributed by atoms with van der Waals surface area (Å²) in [6.07, 6.45) is 0. The molecule has 2 N–H and O–H groups in total. The summed E-state index contributed by atoms with van der Waals surface area (Å²) in [6, 6.07) is 1.75. The van der Waals surface area contributed by atoms with Crippen molar-refractivity contribution in [3.63, 3.8) is 0 Å². The average Bonchev–Trinajstić information content (AvgIpc) is 2.47. The number of ether oxygens (including phenoxy) is 1. The molecule has 0 saturated carbocycles. The van der Waals surface area contributed by atoms with Gasteiger partial charge < -0.3 is 10.5 Å². The molecule has 6 heteroatoms. The molecular formula is C8H6Cl2N2OS. The summed E-state index contributed by atoms with van der Waals surface area (Å²) in [5, 5.41) is 1.34. The smallest absolute Gasteiger partial charge is 0.181 e. The number of hydrogen-bond donors (Lipinski definition) is 1. The maximum absolute atomic E-state index is 6.04. The third-order valence-electron chi connectivity index (χ3n) is 1.76. The van der Waals surface area contributed by atoms with Gasteiger partial charge in [-0.3, -0.25) is 0 Å². The van der Waals surface area contributed by atoms with Gasteiger partial charge >= 0.3 is 0 Å². The van der Waals surface area contributed by atoms with Crippen molar-refractivity contribution in [2.45, 2.75) is 0 Å². The van der Waals surface area contributed by atoms with E-state index < -0.39 is 0 Å². The summed E-state index contributed by atoms with van der Waals surface area (Å²) in [7, 11) is 1.51. The van der Waals surface area contributed by atoms with Crippen LogP contribution in [0.1, 0.15) is 0 Å². The third-order valence-corrected chi connectivity index (χ3v) is 3.22. The van der Waals surface area contributed by atoms with Crippen molar-refractivity contribution < 1.29 is 4.74 Å². The molecular weight excluding hydrogens is 243 g/mol. The Hall–Kier alpha value is -0.710. The number of halogens is 2. The highest BCUT2D eigenvalue weighted by molar-refractivity contribution is 7.22. The SMILES string of the molecule is COc1c(Cl)cc2sc(N)nc2c1Cl. The van der Waals surface area contributed by atoms with Gasteiger partial charge in [-0.2, -0.15) is 0 Å². The molecule has 0 aliphatic heterocycles. The van der Waals surface area contributed by atoms with Crippen molar-refractivity contribution in [1.29, 1.82) is 0 Å². The van der Waals surface area contributed by atoms with Gasteiger partial charge in [-0.05, 0) is 6.07 Å². The number of fused-ring (bicyclic) bond motifs is 1. The van der Waals surface area contributed by atoms with Crippen LogP contribution in [0.3, 0.4) is 0 Å². The molecule has 3 nitrogen and oxygen atoms in total. The van der Waals surface area contributed by atoms with Crippen molar-refractivity contribution in [1.82, 2.24) is 4.98 Å². The number of nitrogens with zero attached hydrogens (tertiary/aromatic N) is 1. The molecule has 0 aliphatic rings. The van der Waals surface area contributed by atoms with Crippen LogP contribution in [0.5, 0.6) is 5.75 Å². The lowest BCUT2D eigenvalue weighted by Crippen LogP contribution is -1.86. The van der Waals surface area contributed by atoms with Gasteiger partial charge in [-0.1, -0.05) is 34.5 Å². The van der Waals surface area contributed by atoms with Crippen LogP contribution in [0.15, 0.2) is 6.07 Å². The van der Waals surface area contributed by atoms with Crippen LogP contribution in [0.25, 0.3) is 10.2 Å². The number of benzene rings is 1. The Morgan fingerprint density at radius 2 is 2.21 bits per heavy atom. The predicted molar refractivity (Wildman–Crippen MR) is 60.6 cm³/mol. The van der Waals surface area contributed by atoms with E-state index in [-0.39, 0.29) is 0 Å². The van der Waals surface area contributed by atoms with E-state index >= 15 is 0 Å². The Balaban J connectivity index is 2.84. The molecule has 0 bridgehead atoms. The largest absolute Gasteiger partial charge is 0.494 e. The molecule has 0 radical (unpaired) electrons. The molecule has 0 atom stereocenters. The van der Waals surface area contributed by atoms with Crippen LogP contribution in [0, 0.1) is 0 Å². The van der Waals surface area contributed by atoms with Gasteiger partial charge in [0, 0.05) is 0 Å². The van der Waals surface area contributed by atoms with Gasteiger partial charge in [0.05, 0.1) is 16.8 Å². The number of thiazole rings is 1. The van der Waals surface area contributed by atoms with Crippen LogP contribution in [0.2, 0.25) is 10.0 Å². The number of nitrogen functional groups attached to an aromatic ring is 1. The molecule has 0 fully saturated rings. The fraction of sp³-hybridized carbons (Fsp3) is 0.125. The van der Waals surface area contributed by atoms with Gasteiger partial charge in [-0.15, -0.1) is 0 Å². The Bertz CT molecular complexity index is 498. The lowest BCUT2D eigenvalue weighted by Gasteiger charge is -2.04. The van der Waals surface area contributed by atoms with Crippen LogP contribution in [-0.2, 0) is 0 Å². The second-order valence-corrected chi connectivity index (χ2v) is 4.45. The molecule has 0 unspecified atom stereocenters. The number of hydrogen-bond acceptors (Lipinski definition) is 4. The first-order valence-electron chi connectivity index (χ1n) is 3.71. The van der Waals surface area contributed by atoms with Crippen molar-refractivity contribution >= 4 is 49.9 Å². The number of nitrogens with two attached hydrogens (primary N) is 1. The van der Waals surface area contributed by atoms with Gasteiger partial charge in [0.2, 0.25) is 0 Å². The molecule has 1 aromatic heterocycles. The van der Waals surface area contributed by atoms with Crippen LogP contribution in [0.4, 0.5) is 5.13 Å². The van der Waals surface area contributed by atoms with Crippen molar-refractivity contribution in [2.75, 3.05) is 12.8 Å². The molecule has 0 saturated heterocycles. The summed E-state index contributed by atoms with van der Waals surface area (Å²) in [4.78, 5) is 4.09. The van der Waals surface area contributed by atoms with E-state index in [2.05, 4.69) is 4.98 Å². The molecule has 1 heterocycles. The monoisotopic (exact) mass is 248 g/mol. The first-order chi connectivity index (χ1) is 6.63. The number of rotatable bonds is 1. The Morgan fingerprint density at radius 1 is 1.50 bits per heavy atom. The van der Waals surface area contributed by atoms with Crippen molar-refractivity contribution in [3.05, 3.63) is 16.1 Å². The fourth-order valence-corrected chi connectivity index (χ4v) is 2.74. The number of methoxy groups -OCH3 is 1. The maximum atomic E-state index is 6.04. The van der Waals surface area contributed by atoms with Gasteiger partial charge in [0.25, 0.3) is 0 Å². The Labute approximate surface area is 94.4 Å². The topological polar surface area (TPSA) is 48.1 Å². The molecule has 2 rings (SSSR count). The Morgan fingerprint density at radius 3 is 2.86 bits per heavy atom. The van der Waals surface area contributed by atoms with E-state index in [0.29, 0.717) is 26.4 Å². The minimum absolute atomic E-state index is 0.406. The molecule has 2 aromatic rings. The van der Waals surface area contributed by atoms with E-state index in [1.165, 1.54) is 18.4 Å². The highest BCUT2D eigenvalue weighted by atomic mass is 35.5. The lowest BCUT2D eigenvalue weighted by atomic mass is 10.3. The average molecular weight is 249 g/mol. The first kappa shape index (κ1) is 9.83. The molecule has 0 aliphatic carbocycles. The normalized spacial score (nSPS) is 10.8. The molecule has 1 aromatic carbocycles. The summed E-state index contributed by atoms with van der Waals surface area (Å²) in [5.74, 6) is 0.436. The first-order valence-corrected chi connectivity index (χ1v) is 5.28. The van der Waals surface area contributed by atoms with E-state index in [0.717, 1.165) is 4.70 Å². The quantitative estimate of drug-likeness (QED) is 0.844. The van der Waals surface area contributed by atoms with Gasteiger partial charge in [0.1, 0.15) is 10.5 Å². The fourth-order valence-electron chi connectivity index (χ4n) is 1.18. The van der Waals surface area contributed by atoms with Crippen LogP contribution in [-0.4, -0.2) is 12.1 Å². The highest BCUT2D eigenvalue weighted by Crippen LogP contribution is 2.41. The third kappa shape index (κ3) is 1.39. The molecule has 0 amide bonds. The van der Waals surface area contributed by atoms with Crippen LogP contribution < -0.4 is 10.5 Å². The minimum atomic E-state index is 0.406. The zero-order valence-corrected chi connectivity index (χ0v) is 9.50. The second kappa shape index (κ2) is 3.46. The van der Waals surface area contributed by atoms with E-state index in [4.69, 9.17) is 33.7 Å². The van der Waals surface area contributed by atoms with Gasteiger partial charge in [0.15, 0.2) is 10.9 Å². The number of anilines is 1. The zero-order chi connectivity index (χ0) is 10.3. The predicted octanol–water partition coefficient (Wildman–Crippen LogP) is 3.19. The maximum Gasteiger partial charge on any atom is 0.181 e. The van der Waals surface area contributed by atoms with Gasteiger partial charge in [-0.25, -0.2) is 4.98 Å². The molecule has 14 heavy (non-hydrogen) atoms. The molecule has 0 spiro atoms. The highest BCUT2D eigenvalue weighted by Gasteiger charge is 2.14. The van der Waals surface area contributed by atoms with Crippen LogP contribution >= 0.6 is 34.5 Å². The second-order valence-electron chi connectivity index (χ2n) is 2.60. The summed E-state index contributed by atoms with van der Waals surface area (Å²) < 4.78 is 5.91. The summed E-state index contributed by atoms with van der Waals surface area (Å²) >= 11 is 13.3. The van der Waals surface area contributed by atoms with Crippen molar-refractivity contribution in [2.24, 2.45) is 0 Å². The summed E-state index contributed by atoms with van der Waals surface area (Å²) in [6.45, 7) is 0. The Kier molecular flexibility index (Phi) is 2.43. The van der Waals surface area contributed by atoms with E-state index in [9.17, 15) is 0 Å².